The molecule has 0 unspecified atom stereocenters. The van der Waals surface area contributed by atoms with Gasteiger partial charge in [-0.1, -0.05) is 11.6 Å². The van der Waals surface area contributed by atoms with Gasteiger partial charge in [0.2, 0.25) is 0 Å². The van der Waals surface area contributed by atoms with E-state index in [1.54, 1.807) is 6.07 Å². The van der Waals surface area contributed by atoms with Crippen molar-refractivity contribution in [3.63, 3.8) is 0 Å². The molecule has 1 N–H and O–H groups in total. The average molecular weight is 343 g/mol. The molecule has 0 spiro atoms. The maximum atomic E-state index is 13.2. The maximum absolute atomic E-state index is 13.2. The van der Waals surface area contributed by atoms with Gasteiger partial charge in [-0.25, -0.2) is 14.4 Å². The van der Waals surface area contributed by atoms with Crippen LogP contribution in [0.25, 0.3) is 0 Å². The van der Waals surface area contributed by atoms with Gasteiger partial charge >= 0.3 is 0 Å². The highest BCUT2D eigenvalue weighted by Gasteiger charge is 2.27. The van der Waals surface area contributed by atoms with Crippen LogP contribution in [0.15, 0.2) is 28.9 Å². The molecule has 0 aliphatic heterocycles. The first-order valence-electron chi connectivity index (χ1n) is 5.88. The lowest BCUT2D eigenvalue weighted by Crippen LogP contribution is -2.00. The Bertz CT molecular complexity index is 631. The lowest BCUT2D eigenvalue weighted by molar-refractivity contribution is 0.628. The number of hydrogen-bond donors (Lipinski definition) is 1. The Balaban J connectivity index is 1.92. The predicted molar refractivity (Wildman–Crippen MR) is 76.4 cm³/mol. The van der Waals surface area contributed by atoms with Gasteiger partial charge in [0, 0.05) is 12.0 Å². The Morgan fingerprint density at radius 1 is 1.26 bits per heavy atom. The number of hydrogen-bond acceptors (Lipinski definition) is 3. The van der Waals surface area contributed by atoms with Crippen molar-refractivity contribution >= 4 is 39.0 Å². The molecular weight excluding hydrogens is 333 g/mol. The molecule has 1 heterocycles. The number of aromatic nitrogens is 2. The Labute approximate surface area is 123 Å². The van der Waals surface area contributed by atoms with E-state index in [1.807, 2.05) is 0 Å². The van der Waals surface area contributed by atoms with Gasteiger partial charge in [0.05, 0.1) is 10.7 Å². The smallest absolute Gasteiger partial charge is 0.135 e. The van der Waals surface area contributed by atoms with E-state index >= 15 is 0 Å². The van der Waals surface area contributed by atoms with E-state index in [0.717, 1.165) is 18.7 Å². The Hall–Kier alpha value is -1.20. The lowest BCUT2D eigenvalue weighted by atomic mass is 10.3. The number of nitrogens with zero attached hydrogens (tertiary/aromatic N) is 2. The third-order valence-corrected chi connectivity index (χ3v) is 3.58. The van der Waals surface area contributed by atoms with Crippen molar-refractivity contribution < 1.29 is 4.39 Å². The summed E-state index contributed by atoms with van der Waals surface area (Å²) >= 11 is 9.37. The molecule has 19 heavy (non-hydrogen) atoms. The van der Waals surface area contributed by atoms with Crippen LogP contribution in [0.4, 0.5) is 15.9 Å². The Morgan fingerprint density at radius 3 is 2.79 bits per heavy atom. The molecule has 2 aromatic rings. The molecule has 6 heteroatoms. The highest BCUT2D eigenvalue weighted by atomic mass is 79.9. The molecule has 1 aliphatic rings. The minimum atomic E-state index is -0.345. The zero-order valence-corrected chi connectivity index (χ0v) is 12.2. The van der Waals surface area contributed by atoms with Gasteiger partial charge in [-0.05, 0) is 47.0 Å². The van der Waals surface area contributed by atoms with Crippen LogP contribution in [-0.4, -0.2) is 9.97 Å². The minimum absolute atomic E-state index is 0.345. The second-order valence-corrected chi connectivity index (χ2v) is 5.68. The molecular formula is C13H10BrClFN3. The Kier molecular flexibility index (Phi) is 3.41. The van der Waals surface area contributed by atoms with E-state index in [1.165, 1.54) is 18.2 Å². The third-order valence-electron chi connectivity index (χ3n) is 2.85. The van der Waals surface area contributed by atoms with E-state index < -0.39 is 0 Å². The van der Waals surface area contributed by atoms with Crippen LogP contribution >= 0.6 is 27.5 Å². The van der Waals surface area contributed by atoms with Crippen molar-refractivity contribution in [1.29, 1.82) is 0 Å². The highest BCUT2D eigenvalue weighted by molar-refractivity contribution is 9.10. The number of halogens is 3. The quantitative estimate of drug-likeness (QED) is 0.825. The van der Waals surface area contributed by atoms with Crippen molar-refractivity contribution in [1.82, 2.24) is 9.97 Å². The van der Waals surface area contributed by atoms with Gasteiger partial charge in [0.15, 0.2) is 0 Å². The summed E-state index contributed by atoms with van der Waals surface area (Å²) in [7, 11) is 0. The largest absolute Gasteiger partial charge is 0.339 e. The monoisotopic (exact) mass is 341 g/mol. The van der Waals surface area contributed by atoms with Crippen LogP contribution in [0.3, 0.4) is 0 Å². The number of benzene rings is 1. The van der Waals surface area contributed by atoms with E-state index in [2.05, 4.69) is 31.2 Å². The molecule has 0 radical (unpaired) electrons. The highest BCUT2D eigenvalue weighted by Crippen LogP contribution is 2.39. The molecule has 1 saturated carbocycles. The van der Waals surface area contributed by atoms with Crippen LogP contribution < -0.4 is 5.32 Å². The lowest BCUT2D eigenvalue weighted by Gasteiger charge is -2.09. The molecule has 0 amide bonds. The molecule has 0 saturated heterocycles. The number of anilines is 2. The van der Waals surface area contributed by atoms with Crippen molar-refractivity contribution in [2.45, 2.75) is 18.8 Å². The van der Waals surface area contributed by atoms with E-state index in [4.69, 9.17) is 11.6 Å². The second-order valence-electron chi connectivity index (χ2n) is 4.46. The molecule has 0 atom stereocenters. The third kappa shape index (κ3) is 3.04. The molecule has 1 fully saturated rings. The summed E-state index contributed by atoms with van der Waals surface area (Å²) in [6.07, 6.45) is 2.24. The van der Waals surface area contributed by atoms with Crippen LogP contribution in [0.1, 0.15) is 24.6 Å². The van der Waals surface area contributed by atoms with Gasteiger partial charge in [-0.15, -0.1) is 0 Å². The van der Waals surface area contributed by atoms with Crippen molar-refractivity contribution in [3.05, 3.63) is 45.5 Å². The minimum Gasteiger partial charge on any atom is -0.339 e. The summed E-state index contributed by atoms with van der Waals surface area (Å²) in [6, 6.07) is 5.92. The first kappa shape index (κ1) is 12.8. The van der Waals surface area contributed by atoms with Crippen LogP contribution in [0, 0.1) is 5.82 Å². The van der Waals surface area contributed by atoms with Crippen molar-refractivity contribution in [3.8, 4) is 0 Å². The summed E-state index contributed by atoms with van der Waals surface area (Å²) in [5.74, 6) is 1.52. The second kappa shape index (κ2) is 5.06. The van der Waals surface area contributed by atoms with E-state index in [-0.39, 0.29) is 5.82 Å². The molecule has 3 nitrogen and oxygen atoms in total. The standard InChI is InChI=1S/C13H10BrClFN3/c14-11-6-12(19-13(18-11)7-1-2-7)17-10-5-8(16)3-4-9(10)15/h3-7H,1-2H2,(H,17,18,19). The van der Waals surface area contributed by atoms with Gasteiger partial charge in [-0.3, -0.25) is 0 Å². The first-order chi connectivity index (χ1) is 9.11. The molecule has 1 aromatic carbocycles. The van der Waals surface area contributed by atoms with E-state index in [9.17, 15) is 4.39 Å². The van der Waals surface area contributed by atoms with Crippen molar-refractivity contribution in [2.75, 3.05) is 5.32 Å². The summed E-state index contributed by atoms with van der Waals surface area (Å²) in [5, 5.41) is 3.47. The fourth-order valence-corrected chi connectivity index (χ4v) is 2.32. The number of nitrogens with one attached hydrogen (secondary N) is 1. The van der Waals surface area contributed by atoms with Gasteiger partial charge in [0.25, 0.3) is 0 Å². The zero-order valence-electron chi connectivity index (χ0n) is 9.83. The molecule has 1 aromatic heterocycles. The van der Waals surface area contributed by atoms with Crippen LogP contribution in [0.5, 0.6) is 0 Å². The first-order valence-corrected chi connectivity index (χ1v) is 7.05. The predicted octanol–water partition coefficient (Wildman–Crippen LogP) is 4.65. The summed E-state index contributed by atoms with van der Waals surface area (Å²) in [4.78, 5) is 8.76. The maximum Gasteiger partial charge on any atom is 0.135 e. The fraction of sp³-hybridized carbons (Fsp3) is 0.231. The van der Waals surface area contributed by atoms with Crippen LogP contribution in [-0.2, 0) is 0 Å². The molecule has 1 aliphatic carbocycles. The summed E-state index contributed by atoms with van der Waals surface area (Å²) in [6.45, 7) is 0. The summed E-state index contributed by atoms with van der Waals surface area (Å²) < 4.78 is 13.9. The van der Waals surface area contributed by atoms with Gasteiger partial charge < -0.3 is 5.32 Å². The van der Waals surface area contributed by atoms with Gasteiger partial charge in [-0.2, -0.15) is 0 Å². The van der Waals surface area contributed by atoms with Gasteiger partial charge in [0.1, 0.15) is 22.1 Å². The van der Waals surface area contributed by atoms with Crippen molar-refractivity contribution in [2.24, 2.45) is 0 Å². The Morgan fingerprint density at radius 2 is 2.05 bits per heavy atom. The number of rotatable bonds is 3. The SMILES string of the molecule is Fc1ccc(Cl)c(Nc2cc(Br)nc(C3CC3)n2)c1. The van der Waals surface area contributed by atoms with Crippen LogP contribution in [0.2, 0.25) is 5.02 Å². The summed E-state index contributed by atoms with van der Waals surface area (Å²) in [5.41, 5.74) is 0.494. The fourth-order valence-electron chi connectivity index (χ4n) is 1.75. The normalized spacial score (nSPS) is 14.5. The molecule has 0 bridgehead atoms. The topological polar surface area (TPSA) is 37.8 Å². The average Bonchev–Trinajstić information content (AvgIpc) is 3.17. The van der Waals surface area contributed by atoms with E-state index in [0.29, 0.717) is 27.0 Å². The molecule has 3 rings (SSSR count). The molecule has 98 valence electrons. The zero-order chi connectivity index (χ0) is 13.4.